The van der Waals surface area contributed by atoms with Gasteiger partial charge in [-0.2, -0.15) is 0 Å². The van der Waals surface area contributed by atoms with E-state index in [1.807, 2.05) is 0 Å². The molecule has 0 saturated carbocycles. The minimum absolute atomic E-state index is 0.00926. The summed E-state index contributed by atoms with van der Waals surface area (Å²) in [7, 11) is 0. The fourth-order valence-electron chi connectivity index (χ4n) is 1.17. The zero-order valence-electron chi connectivity index (χ0n) is 10.1. The average molecular weight is 259 g/mol. The van der Waals surface area contributed by atoms with Crippen LogP contribution in [-0.4, -0.2) is 40.8 Å². The van der Waals surface area contributed by atoms with Crippen LogP contribution < -0.4 is 5.73 Å². The van der Waals surface area contributed by atoms with E-state index in [4.69, 9.17) is 20.7 Å². The van der Waals surface area contributed by atoms with Crippen LogP contribution in [-0.2, 0) is 19.1 Å². The molecule has 7 heteroatoms. The number of esters is 1. The molecule has 0 aromatic carbocycles. The van der Waals surface area contributed by atoms with E-state index < -0.39 is 29.9 Å². The molecule has 18 heavy (non-hydrogen) atoms. The van der Waals surface area contributed by atoms with Gasteiger partial charge in [0, 0.05) is 5.57 Å². The van der Waals surface area contributed by atoms with E-state index in [0.717, 1.165) is 0 Å². The van der Waals surface area contributed by atoms with Crippen molar-refractivity contribution in [2.45, 2.75) is 25.8 Å². The monoisotopic (exact) mass is 259 g/mol. The molecule has 4 N–H and O–H groups in total. The molecule has 0 heterocycles. The lowest BCUT2D eigenvalue weighted by molar-refractivity contribution is -0.147. The first-order valence-corrected chi connectivity index (χ1v) is 5.29. The highest BCUT2D eigenvalue weighted by molar-refractivity contribution is 5.86. The number of carbonyl (C=O) groups is 3. The van der Waals surface area contributed by atoms with Crippen LogP contribution in [0, 0.1) is 5.92 Å². The minimum Gasteiger partial charge on any atom is -0.481 e. The maximum absolute atomic E-state index is 11.0. The van der Waals surface area contributed by atoms with Gasteiger partial charge in [0.15, 0.2) is 0 Å². The fraction of sp³-hybridized carbons (Fsp3) is 0.545. The molecule has 1 unspecified atom stereocenters. The second-order valence-electron chi connectivity index (χ2n) is 3.92. The Labute approximate surface area is 104 Å². The van der Waals surface area contributed by atoms with E-state index in [-0.39, 0.29) is 25.0 Å². The molecule has 0 saturated heterocycles. The number of ether oxygens (including phenoxy) is 1. The van der Waals surface area contributed by atoms with Gasteiger partial charge < -0.3 is 20.7 Å². The van der Waals surface area contributed by atoms with Gasteiger partial charge in [-0.1, -0.05) is 6.58 Å². The van der Waals surface area contributed by atoms with E-state index >= 15 is 0 Å². The van der Waals surface area contributed by atoms with Crippen molar-refractivity contribution in [2.75, 3.05) is 6.61 Å². The molecule has 0 amide bonds. The van der Waals surface area contributed by atoms with Gasteiger partial charge in [0.05, 0.1) is 12.5 Å². The summed E-state index contributed by atoms with van der Waals surface area (Å²) in [6, 6.07) is -1.25. The predicted molar refractivity (Wildman–Crippen MR) is 61.7 cm³/mol. The molecule has 0 aliphatic carbocycles. The third-order valence-electron chi connectivity index (χ3n) is 2.25. The number of carboxylic acid groups (broad SMARTS) is 2. The van der Waals surface area contributed by atoms with E-state index in [1.165, 1.54) is 6.92 Å². The SMILES string of the molecule is C=C(C)C(=O)OCCC(C[C@@H](N)C(=O)O)C(=O)O. The summed E-state index contributed by atoms with van der Waals surface area (Å²) in [4.78, 5) is 32.4. The van der Waals surface area contributed by atoms with Crippen LogP contribution in [0.2, 0.25) is 0 Å². The molecule has 0 bridgehead atoms. The topological polar surface area (TPSA) is 127 Å². The van der Waals surface area contributed by atoms with Gasteiger partial charge in [0.2, 0.25) is 0 Å². The second kappa shape index (κ2) is 7.44. The maximum Gasteiger partial charge on any atom is 0.333 e. The smallest absolute Gasteiger partial charge is 0.333 e. The van der Waals surface area contributed by atoms with E-state index in [9.17, 15) is 14.4 Å². The molecule has 0 aromatic rings. The highest BCUT2D eigenvalue weighted by Gasteiger charge is 2.24. The molecule has 0 aliphatic rings. The van der Waals surface area contributed by atoms with E-state index in [2.05, 4.69) is 6.58 Å². The first-order valence-electron chi connectivity index (χ1n) is 5.29. The summed E-state index contributed by atoms with van der Waals surface area (Å²) in [5.74, 6) is -4.01. The number of aliphatic carboxylic acids is 2. The summed E-state index contributed by atoms with van der Waals surface area (Å²) in [6.07, 6.45) is -0.204. The number of hydrogen-bond acceptors (Lipinski definition) is 5. The van der Waals surface area contributed by atoms with Gasteiger partial charge in [-0.25, -0.2) is 4.79 Å². The van der Waals surface area contributed by atoms with Crippen LogP contribution in [0.1, 0.15) is 19.8 Å². The molecule has 0 aliphatic heterocycles. The van der Waals surface area contributed by atoms with Gasteiger partial charge in [-0.3, -0.25) is 9.59 Å². The van der Waals surface area contributed by atoms with Crippen molar-refractivity contribution in [1.82, 2.24) is 0 Å². The third-order valence-corrected chi connectivity index (χ3v) is 2.25. The average Bonchev–Trinajstić information content (AvgIpc) is 2.26. The lowest BCUT2D eigenvalue weighted by Gasteiger charge is -2.14. The van der Waals surface area contributed by atoms with Crippen molar-refractivity contribution in [3.8, 4) is 0 Å². The van der Waals surface area contributed by atoms with Crippen molar-refractivity contribution < 1.29 is 29.3 Å². The maximum atomic E-state index is 11.0. The Balaban J connectivity index is 4.22. The Morgan fingerprint density at radius 1 is 1.28 bits per heavy atom. The normalized spacial score (nSPS) is 13.4. The summed E-state index contributed by atoms with van der Waals surface area (Å²) in [6.45, 7) is 4.72. The van der Waals surface area contributed by atoms with E-state index in [1.54, 1.807) is 0 Å². The Morgan fingerprint density at radius 3 is 2.22 bits per heavy atom. The van der Waals surface area contributed by atoms with Gasteiger partial charge in [-0.05, 0) is 19.8 Å². The third kappa shape index (κ3) is 6.00. The summed E-state index contributed by atoms with van der Waals surface area (Å²) < 4.78 is 4.74. The molecule has 102 valence electrons. The van der Waals surface area contributed by atoms with E-state index in [0.29, 0.717) is 0 Å². The zero-order chi connectivity index (χ0) is 14.3. The first kappa shape index (κ1) is 16.1. The summed E-state index contributed by atoms with van der Waals surface area (Å²) >= 11 is 0. The van der Waals surface area contributed by atoms with Crippen LogP contribution in [0.5, 0.6) is 0 Å². The highest BCUT2D eigenvalue weighted by atomic mass is 16.5. The Kier molecular flexibility index (Phi) is 6.66. The van der Waals surface area contributed by atoms with Gasteiger partial charge in [0.1, 0.15) is 6.04 Å². The fourth-order valence-corrected chi connectivity index (χ4v) is 1.17. The standard InChI is InChI=1S/C11H17NO6/c1-6(2)11(17)18-4-3-7(9(13)14)5-8(12)10(15)16/h7-8H,1,3-5,12H2,2H3,(H,13,14)(H,15,16)/t7?,8-/m1/s1. The van der Waals surface area contributed by atoms with Gasteiger partial charge in [-0.15, -0.1) is 0 Å². The molecule has 0 radical (unpaired) electrons. The number of carbonyl (C=O) groups excluding carboxylic acids is 1. The minimum atomic E-state index is -1.26. The second-order valence-corrected chi connectivity index (χ2v) is 3.92. The zero-order valence-corrected chi connectivity index (χ0v) is 10.1. The number of hydrogen-bond donors (Lipinski definition) is 3. The molecule has 0 rings (SSSR count). The first-order chi connectivity index (χ1) is 8.25. The van der Waals surface area contributed by atoms with Crippen molar-refractivity contribution in [2.24, 2.45) is 11.7 Å². The summed E-state index contributed by atoms with van der Waals surface area (Å²) in [5.41, 5.74) is 5.46. The highest BCUT2D eigenvalue weighted by Crippen LogP contribution is 2.12. The Morgan fingerprint density at radius 2 is 1.83 bits per heavy atom. The molecular weight excluding hydrogens is 242 g/mol. The molecule has 0 spiro atoms. The predicted octanol–water partition coefficient (Wildman–Crippen LogP) is -0.00140. The molecular formula is C11H17NO6. The lowest BCUT2D eigenvalue weighted by atomic mass is 9.97. The van der Waals surface area contributed by atoms with Crippen LogP contribution in [0.25, 0.3) is 0 Å². The van der Waals surface area contributed by atoms with Crippen molar-refractivity contribution in [3.05, 3.63) is 12.2 Å². The van der Waals surface area contributed by atoms with Gasteiger partial charge >= 0.3 is 17.9 Å². The number of carboxylic acids is 2. The molecule has 0 fully saturated rings. The van der Waals surface area contributed by atoms with Crippen molar-refractivity contribution in [3.63, 3.8) is 0 Å². The van der Waals surface area contributed by atoms with Crippen molar-refractivity contribution in [1.29, 1.82) is 0 Å². The number of nitrogens with two attached hydrogens (primary N) is 1. The summed E-state index contributed by atoms with van der Waals surface area (Å²) in [5, 5.41) is 17.5. The van der Waals surface area contributed by atoms with Crippen LogP contribution in [0.15, 0.2) is 12.2 Å². The Hall–Kier alpha value is -1.89. The van der Waals surface area contributed by atoms with Crippen molar-refractivity contribution >= 4 is 17.9 Å². The largest absolute Gasteiger partial charge is 0.481 e. The molecule has 2 atom stereocenters. The number of rotatable bonds is 8. The lowest BCUT2D eigenvalue weighted by Crippen LogP contribution is -2.34. The van der Waals surface area contributed by atoms with Crippen LogP contribution in [0.3, 0.4) is 0 Å². The quantitative estimate of drug-likeness (QED) is 0.413. The molecule has 7 nitrogen and oxygen atoms in total. The van der Waals surface area contributed by atoms with Crippen LogP contribution in [0.4, 0.5) is 0 Å². The van der Waals surface area contributed by atoms with Crippen LogP contribution >= 0.6 is 0 Å². The molecule has 0 aromatic heterocycles. The van der Waals surface area contributed by atoms with Gasteiger partial charge in [0.25, 0.3) is 0 Å². The Bertz CT molecular complexity index is 351.